The Morgan fingerprint density at radius 3 is 2.89 bits per heavy atom. The predicted octanol–water partition coefficient (Wildman–Crippen LogP) is 1.28. The zero-order chi connectivity index (χ0) is 13.6. The summed E-state index contributed by atoms with van der Waals surface area (Å²) in [7, 11) is 1.71. The van der Waals surface area contributed by atoms with Crippen LogP contribution in [-0.4, -0.2) is 35.1 Å². The molecule has 1 heterocycles. The Kier molecular flexibility index (Phi) is 2.55. The highest BCUT2D eigenvalue weighted by molar-refractivity contribution is 5.82. The molecule has 2 aliphatic carbocycles. The Morgan fingerprint density at radius 2 is 2.37 bits per heavy atom. The summed E-state index contributed by atoms with van der Waals surface area (Å²) in [5.74, 6) is -0.606. The summed E-state index contributed by atoms with van der Waals surface area (Å²) in [6.07, 6.45) is 4.42. The van der Waals surface area contributed by atoms with Crippen LogP contribution in [0.3, 0.4) is 0 Å². The van der Waals surface area contributed by atoms with Crippen LogP contribution in [0, 0.1) is 11.3 Å². The van der Waals surface area contributed by atoms with Crippen LogP contribution in [0.4, 0.5) is 4.79 Å². The van der Waals surface area contributed by atoms with Crippen molar-refractivity contribution in [2.45, 2.75) is 25.4 Å². The molecule has 0 aliphatic heterocycles. The van der Waals surface area contributed by atoms with Gasteiger partial charge in [0.05, 0.1) is 24.5 Å². The second kappa shape index (κ2) is 4.01. The number of rotatable bonds is 4. The van der Waals surface area contributed by atoms with E-state index in [0.717, 1.165) is 5.56 Å². The van der Waals surface area contributed by atoms with Gasteiger partial charge in [-0.15, -0.1) is 0 Å². The summed E-state index contributed by atoms with van der Waals surface area (Å²) in [6, 6.07) is 1.65. The third kappa shape index (κ3) is 1.87. The van der Waals surface area contributed by atoms with Crippen LogP contribution in [-0.2, 0) is 11.3 Å². The van der Waals surface area contributed by atoms with Crippen molar-refractivity contribution in [3.8, 4) is 0 Å². The molecular weight excluding hydrogens is 248 g/mol. The smallest absolute Gasteiger partial charge is 0.317 e. The lowest BCUT2D eigenvalue weighted by Crippen LogP contribution is -2.51. The molecule has 3 atom stereocenters. The standard InChI is InChI=1S/C13H16N2O4/c1-15(6-8-2-3-19-7-8)12(18)14-10-5-13(11(16)17)4-9(10)13/h2-3,7,9-10H,4-6H2,1H3,(H,14,18)(H,16,17)/t9-,10-,13-/m1/s1. The Balaban J connectivity index is 1.49. The van der Waals surface area contributed by atoms with Gasteiger partial charge in [0.25, 0.3) is 0 Å². The Hall–Kier alpha value is -1.98. The molecule has 2 aliphatic rings. The Bertz CT molecular complexity index is 513. The monoisotopic (exact) mass is 264 g/mol. The van der Waals surface area contributed by atoms with Crippen LogP contribution < -0.4 is 5.32 Å². The number of fused-ring (bicyclic) bond motifs is 1. The first-order chi connectivity index (χ1) is 9.03. The second-order valence-electron chi connectivity index (χ2n) is 5.52. The van der Waals surface area contributed by atoms with Crippen molar-refractivity contribution in [1.82, 2.24) is 10.2 Å². The molecule has 2 N–H and O–H groups in total. The molecule has 0 aromatic carbocycles. The number of aliphatic carboxylic acids is 1. The number of carbonyl (C=O) groups excluding carboxylic acids is 1. The van der Waals surface area contributed by atoms with Gasteiger partial charge in [-0.1, -0.05) is 0 Å². The number of carbonyl (C=O) groups is 2. The quantitative estimate of drug-likeness (QED) is 0.858. The van der Waals surface area contributed by atoms with E-state index in [0.29, 0.717) is 19.4 Å². The van der Waals surface area contributed by atoms with Gasteiger partial charge in [0, 0.05) is 18.7 Å². The first kappa shape index (κ1) is 12.1. The molecule has 0 bridgehead atoms. The average Bonchev–Trinajstić information content (AvgIpc) is 2.72. The van der Waals surface area contributed by atoms with E-state index in [1.807, 2.05) is 6.07 Å². The maximum absolute atomic E-state index is 11.9. The van der Waals surface area contributed by atoms with Crippen LogP contribution in [0.15, 0.2) is 23.0 Å². The highest BCUT2D eigenvalue weighted by Gasteiger charge is 2.72. The minimum absolute atomic E-state index is 0.00963. The molecule has 0 saturated heterocycles. The maximum Gasteiger partial charge on any atom is 0.317 e. The average molecular weight is 264 g/mol. The van der Waals surface area contributed by atoms with Gasteiger partial charge >= 0.3 is 12.0 Å². The summed E-state index contributed by atoms with van der Waals surface area (Å²) in [5, 5.41) is 11.9. The van der Waals surface area contributed by atoms with Crippen molar-refractivity contribution < 1.29 is 19.1 Å². The fourth-order valence-electron chi connectivity index (χ4n) is 2.95. The number of nitrogens with zero attached hydrogens (tertiary/aromatic N) is 1. The fourth-order valence-corrected chi connectivity index (χ4v) is 2.95. The summed E-state index contributed by atoms with van der Waals surface area (Å²) in [5.41, 5.74) is 0.402. The van der Waals surface area contributed by atoms with Gasteiger partial charge in [0.15, 0.2) is 0 Å². The highest BCUT2D eigenvalue weighted by Crippen LogP contribution is 2.67. The molecular formula is C13H16N2O4. The number of carboxylic acids is 1. The van der Waals surface area contributed by atoms with Crippen molar-refractivity contribution in [1.29, 1.82) is 0 Å². The molecule has 2 saturated carbocycles. The van der Waals surface area contributed by atoms with Crippen molar-refractivity contribution in [2.24, 2.45) is 11.3 Å². The molecule has 1 aromatic rings. The highest BCUT2D eigenvalue weighted by atomic mass is 16.4. The van der Waals surface area contributed by atoms with Crippen LogP contribution in [0.1, 0.15) is 18.4 Å². The third-order valence-corrected chi connectivity index (χ3v) is 4.29. The van der Waals surface area contributed by atoms with Crippen LogP contribution >= 0.6 is 0 Å². The molecule has 6 nitrogen and oxygen atoms in total. The van der Waals surface area contributed by atoms with Crippen molar-refractivity contribution in [2.75, 3.05) is 7.05 Å². The molecule has 0 radical (unpaired) electrons. The van der Waals surface area contributed by atoms with Gasteiger partial charge in [0.1, 0.15) is 0 Å². The SMILES string of the molecule is CN(Cc1ccoc1)C(=O)N[C@@H]1C[C@]2(C(=O)O)C[C@H]12. The van der Waals surface area contributed by atoms with E-state index in [1.165, 1.54) is 0 Å². The number of carboxylic acid groups (broad SMARTS) is 1. The third-order valence-electron chi connectivity index (χ3n) is 4.29. The van der Waals surface area contributed by atoms with Gasteiger partial charge in [0.2, 0.25) is 0 Å². The minimum atomic E-state index is -0.727. The molecule has 102 valence electrons. The van der Waals surface area contributed by atoms with Crippen molar-refractivity contribution in [3.05, 3.63) is 24.2 Å². The Labute approximate surface area is 110 Å². The van der Waals surface area contributed by atoms with Gasteiger partial charge in [-0.2, -0.15) is 0 Å². The molecule has 19 heavy (non-hydrogen) atoms. The largest absolute Gasteiger partial charge is 0.481 e. The number of urea groups is 1. The first-order valence-corrected chi connectivity index (χ1v) is 6.29. The summed E-state index contributed by atoms with van der Waals surface area (Å²) < 4.78 is 4.95. The molecule has 3 rings (SSSR count). The zero-order valence-electron chi connectivity index (χ0n) is 10.6. The van der Waals surface area contributed by atoms with Crippen LogP contribution in [0.2, 0.25) is 0 Å². The topological polar surface area (TPSA) is 82.8 Å². The number of furan rings is 1. The lowest BCUT2D eigenvalue weighted by molar-refractivity contribution is -0.147. The fraction of sp³-hybridized carbons (Fsp3) is 0.538. The normalized spacial score (nSPS) is 31.0. The maximum atomic E-state index is 11.9. The lowest BCUT2D eigenvalue weighted by atomic mass is 9.80. The molecule has 6 heteroatoms. The Morgan fingerprint density at radius 1 is 1.58 bits per heavy atom. The number of hydrogen-bond donors (Lipinski definition) is 2. The van der Waals surface area contributed by atoms with Crippen molar-refractivity contribution >= 4 is 12.0 Å². The van der Waals surface area contributed by atoms with E-state index in [1.54, 1.807) is 24.5 Å². The molecule has 0 unspecified atom stereocenters. The summed E-state index contributed by atoms with van der Waals surface area (Å²) in [6.45, 7) is 0.476. The van der Waals surface area contributed by atoms with Crippen LogP contribution in [0.5, 0.6) is 0 Å². The van der Waals surface area contributed by atoms with E-state index >= 15 is 0 Å². The number of nitrogens with one attached hydrogen (secondary N) is 1. The number of amides is 2. The van der Waals surface area contributed by atoms with Gasteiger partial charge in [-0.3, -0.25) is 4.79 Å². The summed E-state index contributed by atoms with van der Waals surface area (Å²) >= 11 is 0. The van der Waals surface area contributed by atoms with Crippen molar-refractivity contribution in [3.63, 3.8) is 0 Å². The lowest BCUT2D eigenvalue weighted by Gasteiger charge is -2.33. The molecule has 0 spiro atoms. The van der Waals surface area contributed by atoms with Gasteiger partial charge < -0.3 is 19.7 Å². The minimum Gasteiger partial charge on any atom is -0.481 e. The molecule has 2 fully saturated rings. The van der Waals surface area contributed by atoms with E-state index < -0.39 is 11.4 Å². The zero-order valence-corrected chi connectivity index (χ0v) is 10.6. The van der Waals surface area contributed by atoms with Gasteiger partial charge in [-0.05, 0) is 24.8 Å². The van der Waals surface area contributed by atoms with E-state index in [9.17, 15) is 9.59 Å². The van der Waals surface area contributed by atoms with E-state index in [4.69, 9.17) is 9.52 Å². The van der Waals surface area contributed by atoms with Crippen LogP contribution in [0.25, 0.3) is 0 Å². The number of hydrogen-bond acceptors (Lipinski definition) is 3. The molecule has 1 aromatic heterocycles. The summed E-state index contributed by atoms with van der Waals surface area (Å²) in [4.78, 5) is 24.5. The second-order valence-corrected chi connectivity index (χ2v) is 5.52. The van der Waals surface area contributed by atoms with Gasteiger partial charge in [-0.25, -0.2) is 4.79 Å². The van der Waals surface area contributed by atoms with E-state index in [-0.39, 0.29) is 18.0 Å². The predicted molar refractivity (Wildman–Crippen MR) is 65.3 cm³/mol. The first-order valence-electron chi connectivity index (χ1n) is 6.29. The van der Waals surface area contributed by atoms with E-state index in [2.05, 4.69) is 5.32 Å². The molecule has 2 amide bonds.